The molecule has 2 aliphatic carbocycles. The Morgan fingerprint density at radius 2 is 1.70 bits per heavy atom. The summed E-state index contributed by atoms with van der Waals surface area (Å²) < 4.78 is 0. The van der Waals surface area contributed by atoms with E-state index in [0.717, 1.165) is 0 Å². The summed E-state index contributed by atoms with van der Waals surface area (Å²) in [6.45, 7) is 1.68. The van der Waals surface area contributed by atoms with E-state index in [1.807, 2.05) is 0 Å². The molecule has 140 valence electrons. The molecular weight excluding hydrogens is 352 g/mol. The molecule has 0 heterocycles. The molecule has 0 bridgehead atoms. The Balaban J connectivity index is 2.05. The molecule has 2 aliphatic rings. The topological polar surface area (TPSA) is 135 Å². The Morgan fingerprint density at radius 1 is 1.04 bits per heavy atom. The van der Waals surface area contributed by atoms with E-state index in [4.69, 9.17) is 0 Å². The Labute approximate surface area is 154 Å². The normalized spacial score (nSPS) is 23.6. The molecule has 0 fully saturated rings. The average Bonchev–Trinajstić information content (AvgIpc) is 2.64. The maximum atomic E-state index is 12.9. The molecule has 0 saturated heterocycles. The van der Waals surface area contributed by atoms with E-state index in [2.05, 4.69) is 0 Å². The van der Waals surface area contributed by atoms with Crippen LogP contribution in [0.25, 0.3) is 0 Å². The van der Waals surface area contributed by atoms with Crippen molar-refractivity contribution in [1.29, 1.82) is 0 Å². The van der Waals surface area contributed by atoms with Crippen molar-refractivity contribution >= 4 is 11.6 Å². The van der Waals surface area contributed by atoms with Crippen molar-refractivity contribution in [3.05, 3.63) is 51.6 Å². The van der Waals surface area contributed by atoms with Gasteiger partial charge in [-0.3, -0.25) is 9.59 Å². The molecule has 0 amide bonds. The average molecular weight is 370 g/mol. The Morgan fingerprint density at radius 3 is 2.37 bits per heavy atom. The van der Waals surface area contributed by atoms with Crippen LogP contribution in [0.2, 0.25) is 0 Å². The van der Waals surface area contributed by atoms with Crippen LogP contribution in [0.4, 0.5) is 0 Å². The number of phenols is 3. The molecule has 0 saturated carbocycles. The van der Waals surface area contributed by atoms with Crippen LogP contribution in [0.1, 0.15) is 68.8 Å². The van der Waals surface area contributed by atoms with Crippen LogP contribution >= 0.6 is 0 Å². The fraction of sp³-hybridized carbons (Fsp3) is 0.300. The standard InChI is InChI=1S/C20H18O7/c1-2-20(27)7-6-9-12(19(20)26)18(25)14-13(16(9)23)17(24)11-8(15(14)22)4-3-5-10(11)21/h3-5,19,21,23,25-27H,2,6-7H2,1H3/t19-,20+/m0/s1. The molecule has 0 aliphatic heterocycles. The number of fused-ring (bicyclic) bond motifs is 3. The molecule has 7 heteroatoms. The second-order valence-corrected chi connectivity index (χ2v) is 7.06. The zero-order valence-electron chi connectivity index (χ0n) is 14.5. The lowest BCUT2D eigenvalue weighted by Gasteiger charge is -2.39. The minimum absolute atomic E-state index is 0.0989. The first-order valence-corrected chi connectivity index (χ1v) is 8.65. The van der Waals surface area contributed by atoms with E-state index in [1.165, 1.54) is 18.2 Å². The van der Waals surface area contributed by atoms with E-state index >= 15 is 0 Å². The van der Waals surface area contributed by atoms with E-state index in [-0.39, 0.29) is 47.1 Å². The van der Waals surface area contributed by atoms with Crippen molar-refractivity contribution < 1.29 is 35.1 Å². The summed E-state index contributed by atoms with van der Waals surface area (Å²) in [4.78, 5) is 25.8. The summed E-state index contributed by atoms with van der Waals surface area (Å²) in [5.74, 6) is -3.05. The summed E-state index contributed by atoms with van der Waals surface area (Å²) in [5, 5.41) is 52.7. The molecule has 4 rings (SSSR count). The van der Waals surface area contributed by atoms with Gasteiger partial charge in [-0.2, -0.15) is 0 Å². The van der Waals surface area contributed by atoms with Gasteiger partial charge in [0.1, 0.15) is 23.4 Å². The summed E-state index contributed by atoms with van der Waals surface area (Å²) in [6, 6.07) is 3.99. The Bertz CT molecular complexity index is 1020. The number of aliphatic hydroxyl groups is 2. The van der Waals surface area contributed by atoms with Crippen LogP contribution in [-0.2, 0) is 6.42 Å². The van der Waals surface area contributed by atoms with Crippen LogP contribution in [0.15, 0.2) is 18.2 Å². The number of aromatic hydroxyl groups is 3. The second kappa shape index (κ2) is 5.55. The van der Waals surface area contributed by atoms with Crippen LogP contribution in [0.5, 0.6) is 17.2 Å². The molecule has 27 heavy (non-hydrogen) atoms. The van der Waals surface area contributed by atoms with Gasteiger partial charge in [0.15, 0.2) is 5.78 Å². The lowest BCUT2D eigenvalue weighted by molar-refractivity contribution is -0.0921. The van der Waals surface area contributed by atoms with Gasteiger partial charge in [-0.1, -0.05) is 19.1 Å². The SMILES string of the molecule is CC[C@@]1(O)CCc2c(O)c3c(c(O)c2[C@@H]1O)C(=O)c1cccc(O)c1C3=O. The van der Waals surface area contributed by atoms with Gasteiger partial charge >= 0.3 is 0 Å². The molecule has 0 aromatic heterocycles. The number of rotatable bonds is 1. The fourth-order valence-electron chi connectivity index (χ4n) is 4.13. The molecule has 0 radical (unpaired) electrons. The molecule has 2 aromatic carbocycles. The third-order valence-corrected chi connectivity index (χ3v) is 5.76. The fourth-order valence-corrected chi connectivity index (χ4v) is 4.13. The number of aliphatic hydroxyl groups excluding tert-OH is 1. The van der Waals surface area contributed by atoms with Gasteiger partial charge in [-0.25, -0.2) is 0 Å². The van der Waals surface area contributed by atoms with Crippen LogP contribution in [0.3, 0.4) is 0 Å². The third-order valence-electron chi connectivity index (χ3n) is 5.76. The Kier molecular flexibility index (Phi) is 3.60. The molecule has 7 nitrogen and oxygen atoms in total. The number of hydrogen-bond acceptors (Lipinski definition) is 7. The highest BCUT2D eigenvalue weighted by atomic mass is 16.3. The quantitative estimate of drug-likeness (QED) is 0.411. The van der Waals surface area contributed by atoms with Gasteiger partial charge in [0.05, 0.1) is 22.3 Å². The zero-order chi connectivity index (χ0) is 19.7. The first-order chi connectivity index (χ1) is 12.7. The van der Waals surface area contributed by atoms with Gasteiger partial charge < -0.3 is 25.5 Å². The predicted molar refractivity (Wildman–Crippen MR) is 93.3 cm³/mol. The number of ketones is 2. The summed E-state index contributed by atoms with van der Waals surface area (Å²) >= 11 is 0. The highest BCUT2D eigenvalue weighted by Gasteiger charge is 2.46. The van der Waals surface area contributed by atoms with Crippen molar-refractivity contribution in [2.45, 2.75) is 37.9 Å². The van der Waals surface area contributed by atoms with E-state index in [9.17, 15) is 35.1 Å². The second-order valence-electron chi connectivity index (χ2n) is 7.06. The molecule has 0 spiro atoms. The molecular formula is C20H18O7. The number of carbonyl (C=O) groups excluding carboxylic acids is 2. The van der Waals surface area contributed by atoms with E-state index < -0.39 is 46.1 Å². The number of hydrogen-bond donors (Lipinski definition) is 5. The highest BCUT2D eigenvalue weighted by Crippen LogP contribution is 2.51. The summed E-state index contributed by atoms with van der Waals surface area (Å²) in [6.07, 6.45) is -1.09. The first kappa shape index (κ1) is 17.5. The van der Waals surface area contributed by atoms with Crippen LogP contribution in [-0.4, -0.2) is 42.7 Å². The third kappa shape index (κ3) is 2.09. The van der Waals surface area contributed by atoms with Crippen molar-refractivity contribution in [3.8, 4) is 17.2 Å². The van der Waals surface area contributed by atoms with Crippen LogP contribution in [0, 0.1) is 0 Å². The highest BCUT2D eigenvalue weighted by molar-refractivity contribution is 6.31. The smallest absolute Gasteiger partial charge is 0.202 e. The molecule has 2 aromatic rings. The minimum Gasteiger partial charge on any atom is -0.507 e. The summed E-state index contributed by atoms with van der Waals surface area (Å²) in [7, 11) is 0. The number of phenolic OH excluding ortho intramolecular Hbond substituents is 3. The predicted octanol–water partition coefficient (Wildman–Crippen LogP) is 1.70. The molecule has 5 N–H and O–H groups in total. The van der Waals surface area contributed by atoms with E-state index in [1.54, 1.807) is 6.92 Å². The van der Waals surface area contributed by atoms with E-state index in [0.29, 0.717) is 0 Å². The van der Waals surface area contributed by atoms with Gasteiger partial charge in [-0.05, 0) is 25.3 Å². The maximum Gasteiger partial charge on any atom is 0.202 e. The van der Waals surface area contributed by atoms with Gasteiger partial charge in [0.25, 0.3) is 0 Å². The first-order valence-electron chi connectivity index (χ1n) is 8.65. The maximum absolute atomic E-state index is 12.9. The molecule has 0 unspecified atom stereocenters. The number of carbonyl (C=O) groups is 2. The number of benzene rings is 2. The van der Waals surface area contributed by atoms with Crippen molar-refractivity contribution in [1.82, 2.24) is 0 Å². The minimum atomic E-state index is -1.52. The summed E-state index contributed by atoms with van der Waals surface area (Å²) in [5.41, 5.74) is -2.66. The Hall–Kier alpha value is -2.90. The van der Waals surface area contributed by atoms with Crippen molar-refractivity contribution in [2.75, 3.05) is 0 Å². The zero-order valence-corrected chi connectivity index (χ0v) is 14.5. The van der Waals surface area contributed by atoms with Gasteiger partial charge in [0, 0.05) is 16.7 Å². The van der Waals surface area contributed by atoms with Crippen molar-refractivity contribution in [2.24, 2.45) is 0 Å². The molecule has 2 atom stereocenters. The van der Waals surface area contributed by atoms with Crippen LogP contribution < -0.4 is 0 Å². The lowest BCUT2D eigenvalue weighted by Crippen LogP contribution is -2.40. The van der Waals surface area contributed by atoms with Gasteiger partial charge in [-0.15, -0.1) is 0 Å². The largest absolute Gasteiger partial charge is 0.507 e. The monoisotopic (exact) mass is 370 g/mol. The van der Waals surface area contributed by atoms with Crippen molar-refractivity contribution in [3.63, 3.8) is 0 Å². The lowest BCUT2D eigenvalue weighted by atomic mass is 9.72. The van der Waals surface area contributed by atoms with Gasteiger partial charge in [0.2, 0.25) is 5.78 Å².